The molecule has 1 fully saturated rings. The average Bonchev–Trinajstić information content (AvgIpc) is 2.51. The summed E-state index contributed by atoms with van der Waals surface area (Å²) in [6.07, 6.45) is 1.41. The van der Waals surface area contributed by atoms with E-state index in [-0.39, 0.29) is 0 Å². The van der Waals surface area contributed by atoms with E-state index in [1.807, 2.05) is 24.3 Å². The molecule has 0 spiro atoms. The van der Waals surface area contributed by atoms with Gasteiger partial charge in [-0.3, -0.25) is 0 Å². The molecule has 3 heteroatoms. The number of hydrogen-bond acceptors (Lipinski definition) is 2. The zero-order valence-electron chi connectivity index (χ0n) is 7.87. The van der Waals surface area contributed by atoms with Crippen LogP contribution in [0.2, 0.25) is 0 Å². The minimum atomic E-state index is -0.652. The molecule has 1 saturated heterocycles. The number of halogens is 1. The summed E-state index contributed by atoms with van der Waals surface area (Å²) in [5.74, 6) is 0. The second-order valence-corrected chi connectivity index (χ2v) is 4.75. The van der Waals surface area contributed by atoms with E-state index in [1.165, 1.54) is 0 Å². The van der Waals surface area contributed by atoms with Gasteiger partial charge in [-0.05, 0) is 17.7 Å². The lowest BCUT2D eigenvalue weighted by Gasteiger charge is -2.20. The molecule has 0 saturated carbocycles. The Balaban J connectivity index is 2.10. The fourth-order valence-electron chi connectivity index (χ4n) is 1.76. The first-order valence-electron chi connectivity index (χ1n) is 4.73. The van der Waals surface area contributed by atoms with Crippen LogP contribution >= 0.6 is 15.9 Å². The largest absolute Gasteiger partial charge is 0.387 e. The van der Waals surface area contributed by atoms with Gasteiger partial charge in [0.05, 0.1) is 12.2 Å². The van der Waals surface area contributed by atoms with Gasteiger partial charge in [-0.25, -0.2) is 0 Å². The van der Waals surface area contributed by atoms with Gasteiger partial charge in [-0.1, -0.05) is 28.1 Å². The van der Waals surface area contributed by atoms with Crippen LogP contribution in [0.1, 0.15) is 12.0 Å². The summed E-state index contributed by atoms with van der Waals surface area (Å²) < 4.78 is 6.25. The van der Waals surface area contributed by atoms with E-state index in [2.05, 4.69) is 15.9 Å². The molecule has 2 nitrogen and oxygen atoms in total. The van der Waals surface area contributed by atoms with E-state index in [0.717, 1.165) is 16.5 Å². The van der Waals surface area contributed by atoms with E-state index < -0.39 is 5.60 Å². The molecular formula is C11H13BrO2. The van der Waals surface area contributed by atoms with Crippen LogP contribution < -0.4 is 0 Å². The highest BCUT2D eigenvalue weighted by Crippen LogP contribution is 2.24. The van der Waals surface area contributed by atoms with Crippen molar-refractivity contribution in [2.75, 3.05) is 13.2 Å². The number of hydrogen-bond donors (Lipinski definition) is 1. The molecule has 14 heavy (non-hydrogen) atoms. The number of ether oxygens (including phenoxy) is 1. The molecule has 1 aromatic rings. The molecule has 76 valence electrons. The van der Waals surface area contributed by atoms with Crippen molar-refractivity contribution in [1.29, 1.82) is 0 Å². The Morgan fingerprint density at radius 3 is 3.00 bits per heavy atom. The fraction of sp³-hybridized carbons (Fsp3) is 0.455. The van der Waals surface area contributed by atoms with Gasteiger partial charge in [-0.2, -0.15) is 0 Å². The summed E-state index contributed by atoms with van der Waals surface area (Å²) in [7, 11) is 0. The van der Waals surface area contributed by atoms with Gasteiger partial charge in [0.2, 0.25) is 0 Å². The quantitative estimate of drug-likeness (QED) is 0.879. The maximum absolute atomic E-state index is 10.1. The van der Waals surface area contributed by atoms with Crippen molar-refractivity contribution < 1.29 is 9.84 Å². The average molecular weight is 257 g/mol. The lowest BCUT2D eigenvalue weighted by Crippen LogP contribution is -2.31. The van der Waals surface area contributed by atoms with Gasteiger partial charge in [-0.15, -0.1) is 0 Å². The van der Waals surface area contributed by atoms with Crippen LogP contribution in [0.5, 0.6) is 0 Å². The molecule has 1 N–H and O–H groups in total. The van der Waals surface area contributed by atoms with Crippen LogP contribution in [-0.2, 0) is 11.2 Å². The maximum atomic E-state index is 10.1. The first-order chi connectivity index (χ1) is 6.68. The third-order valence-electron chi connectivity index (χ3n) is 2.50. The normalized spacial score (nSPS) is 26.7. The highest BCUT2D eigenvalue weighted by atomic mass is 79.9. The Morgan fingerprint density at radius 1 is 1.50 bits per heavy atom. The first-order valence-corrected chi connectivity index (χ1v) is 5.52. The Bertz CT molecular complexity index is 319. The summed E-state index contributed by atoms with van der Waals surface area (Å²) in [5, 5.41) is 10.1. The molecule has 0 amide bonds. The minimum absolute atomic E-state index is 0.458. The molecular weight excluding hydrogens is 244 g/mol. The van der Waals surface area contributed by atoms with Gasteiger partial charge in [0.25, 0.3) is 0 Å². The van der Waals surface area contributed by atoms with Gasteiger partial charge >= 0.3 is 0 Å². The molecule has 0 bridgehead atoms. The highest BCUT2D eigenvalue weighted by Gasteiger charge is 2.32. The van der Waals surface area contributed by atoms with Crippen LogP contribution in [0.25, 0.3) is 0 Å². The smallest absolute Gasteiger partial charge is 0.0942 e. The molecule has 0 radical (unpaired) electrons. The molecule has 1 aliphatic rings. The lowest BCUT2D eigenvalue weighted by molar-refractivity contribution is 0.0270. The van der Waals surface area contributed by atoms with Crippen molar-refractivity contribution in [2.45, 2.75) is 18.4 Å². The van der Waals surface area contributed by atoms with E-state index >= 15 is 0 Å². The summed E-state index contributed by atoms with van der Waals surface area (Å²) in [6.45, 7) is 1.13. The molecule has 1 unspecified atom stereocenters. The van der Waals surface area contributed by atoms with Crippen LogP contribution in [0.3, 0.4) is 0 Å². The fourth-order valence-corrected chi connectivity index (χ4v) is 2.21. The molecule has 0 aromatic heterocycles. The van der Waals surface area contributed by atoms with E-state index in [4.69, 9.17) is 4.74 Å². The number of benzene rings is 1. The zero-order chi connectivity index (χ0) is 10.0. The van der Waals surface area contributed by atoms with Crippen LogP contribution in [0.4, 0.5) is 0 Å². The Hall–Kier alpha value is -0.380. The van der Waals surface area contributed by atoms with Crippen molar-refractivity contribution >= 4 is 15.9 Å². The SMILES string of the molecule is OC1(Cc2cccc(Br)c2)CCOC1. The maximum Gasteiger partial charge on any atom is 0.0942 e. The minimum Gasteiger partial charge on any atom is -0.387 e. The zero-order valence-corrected chi connectivity index (χ0v) is 9.46. The first kappa shape index (κ1) is 10.1. The lowest BCUT2D eigenvalue weighted by atomic mass is 9.94. The Labute approximate surface area is 92.0 Å². The third kappa shape index (κ3) is 2.35. The van der Waals surface area contributed by atoms with Crippen molar-refractivity contribution in [2.24, 2.45) is 0 Å². The molecule has 0 aliphatic carbocycles. The van der Waals surface area contributed by atoms with E-state index in [1.54, 1.807) is 0 Å². The highest BCUT2D eigenvalue weighted by molar-refractivity contribution is 9.10. The topological polar surface area (TPSA) is 29.5 Å². The predicted molar refractivity (Wildman–Crippen MR) is 58.2 cm³/mol. The number of rotatable bonds is 2. The van der Waals surface area contributed by atoms with Crippen molar-refractivity contribution in [3.05, 3.63) is 34.3 Å². The molecule has 1 aliphatic heterocycles. The monoisotopic (exact) mass is 256 g/mol. The summed E-state index contributed by atoms with van der Waals surface area (Å²) >= 11 is 3.42. The second-order valence-electron chi connectivity index (χ2n) is 3.83. The van der Waals surface area contributed by atoms with E-state index in [9.17, 15) is 5.11 Å². The van der Waals surface area contributed by atoms with Gasteiger partial charge in [0.1, 0.15) is 0 Å². The molecule has 1 aromatic carbocycles. The standard InChI is InChI=1S/C11H13BrO2/c12-10-3-1-2-9(6-10)7-11(13)4-5-14-8-11/h1-3,6,13H,4-5,7-8H2. The molecule has 1 atom stereocenters. The predicted octanol–water partition coefficient (Wildman–Crippen LogP) is 2.14. The molecule has 1 heterocycles. The summed E-state index contributed by atoms with van der Waals surface area (Å²) in [4.78, 5) is 0. The van der Waals surface area contributed by atoms with E-state index in [0.29, 0.717) is 19.6 Å². The van der Waals surface area contributed by atoms with Crippen molar-refractivity contribution in [3.63, 3.8) is 0 Å². The summed E-state index contributed by atoms with van der Waals surface area (Å²) in [5.41, 5.74) is 0.494. The van der Waals surface area contributed by atoms with Gasteiger partial charge in [0.15, 0.2) is 0 Å². The summed E-state index contributed by atoms with van der Waals surface area (Å²) in [6, 6.07) is 8.04. The van der Waals surface area contributed by atoms with Crippen molar-refractivity contribution in [3.8, 4) is 0 Å². The molecule has 2 rings (SSSR count). The van der Waals surface area contributed by atoms with Gasteiger partial charge < -0.3 is 9.84 Å². The van der Waals surface area contributed by atoms with Crippen molar-refractivity contribution in [1.82, 2.24) is 0 Å². The second kappa shape index (κ2) is 4.01. The Kier molecular flexibility index (Phi) is 2.91. The van der Waals surface area contributed by atoms with Crippen LogP contribution in [0, 0.1) is 0 Å². The van der Waals surface area contributed by atoms with Crippen LogP contribution in [-0.4, -0.2) is 23.9 Å². The Morgan fingerprint density at radius 2 is 2.36 bits per heavy atom. The third-order valence-corrected chi connectivity index (χ3v) is 3.00. The number of aliphatic hydroxyl groups is 1. The van der Waals surface area contributed by atoms with Gasteiger partial charge in [0, 0.05) is 23.9 Å². The van der Waals surface area contributed by atoms with Crippen LogP contribution in [0.15, 0.2) is 28.7 Å².